The van der Waals surface area contributed by atoms with Gasteiger partial charge < -0.3 is 4.74 Å². The molecule has 0 bridgehead atoms. The quantitative estimate of drug-likeness (QED) is 0.731. The summed E-state index contributed by atoms with van der Waals surface area (Å²) in [5.74, 6) is 0.645. The number of thiophene rings is 1. The van der Waals surface area contributed by atoms with Gasteiger partial charge in [-0.05, 0) is 45.8 Å². The molecule has 0 aliphatic heterocycles. The molecule has 1 heterocycles. The number of benzene rings is 1. The van der Waals surface area contributed by atoms with E-state index in [4.69, 9.17) is 4.74 Å². The fourth-order valence-corrected chi connectivity index (χ4v) is 2.91. The molecule has 0 spiro atoms. The standard InChI is InChI=1S/C12H8BrF3OS/c1-17-10-3-2-7(4-9(10)13)11-5-8(6-18-11)12(14,15)16/h2-6H,1H3. The third-order valence-corrected chi connectivity index (χ3v) is 3.96. The van der Waals surface area contributed by atoms with Crippen LogP contribution in [0.4, 0.5) is 13.2 Å². The van der Waals surface area contributed by atoms with Crippen LogP contribution in [0.5, 0.6) is 5.75 Å². The van der Waals surface area contributed by atoms with Gasteiger partial charge in [-0.3, -0.25) is 0 Å². The molecule has 0 aliphatic rings. The smallest absolute Gasteiger partial charge is 0.417 e. The van der Waals surface area contributed by atoms with Crippen LogP contribution in [0.25, 0.3) is 10.4 Å². The summed E-state index contributed by atoms with van der Waals surface area (Å²) in [4.78, 5) is 0.575. The van der Waals surface area contributed by atoms with Crippen LogP contribution in [0.15, 0.2) is 34.1 Å². The van der Waals surface area contributed by atoms with Crippen molar-refractivity contribution in [3.05, 3.63) is 39.7 Å². The van der Waals surface area contributed by atoms with Crippen molar-refractivity contribution in [1.29, 1.82) is 0 Å². The Morgan fingerprint density at radius 3 is 2.44 bits per heavy atom. The molecule has 0 saturated heterocycles. The molecule has 96 valence electrons. The van der Waals surface area contributed by atoms with Gasteiger partial charge in [-0.25, -0.2) is 0 Å². The Balaban J connectivity index is 2.38. The summed E-state index contributed by atoms with van der Waals surface area (Å²) in [5, 5.41) is 1.12. The van der Waals surface area contributed by atoms with E-state index in [9.17, 15) is 13.2 Å². The first kappa shape index (κ1) is 13.4. The minimum Gasteiger partial charge on any atom is -0.496 e. The number of rotatable bonds is 2. The average molecular weight is 337 g/mol. The van der Waals surface area contributed by atoms with Crippen molar-refractivity contribution in [2.24, 2.45) is 0 Å². The molecular weight excluding hydrogens is 329 g/mol. The molecule has 0 N–H and O–H groups in total. The maximum Gasteiger partial charge on any atom is 0.417 e. The second-order valence-electron chi connectivity index (χ2n) is 3.55. The lowest BCUT2D eigenvalue weighted by Crippen LogP contribution is -2.01. The average Bonchev–Trinajstić information content (AvgIpc) is 2.77. The van der Waals surface area contributed by atoms with Crippen molar-refractivity contribution >= 4 is 27.3 Å². The van der Waals surface area contributed by atoms with Gasteiger partial charge in [0.2, 0.25) is 0 Å². The van der Waals surface area contributed by atoms with Gasteiger partial charge >= 0.3 is 6.18 Å². The van der Waals surface area contributed by atoms with E-state index in [-0.39, 0.29) is 0 Å². The number of alkyl halides is 3. The lowest BCUT2D eigenvalue weighted by Gasteiger charge is -2.05. The van der Waals surface area contributed by atoms with Gasteiger partial charge in [-0.15, -0.1) is 11.3 Å². The fourth-order valence-electron chi connectivity index (χ4n) is 1.46. The van der Waals surface area contributed by atoms with Crippen LogP contribution in [-0.4, -0.2) is 7.11 Å². The summed E-state index contributed by atoms with van der Waals surface area (Å²) in [6.45, 7) is 0. The summed E-state index contributed by atoms with van der Waals surface area (Å²) in [7, 11) is 1.53. The normalized spacial score (nSPS) is 11.6. The van der Waals surface area contributed by atoms with Gasteiger partial charge in [0.25, 0.3) is 0 Å². The second kappa shape index (κ2) is 4.93. The zero-order valence-electron chi connectivity index (χ0n) is 9.22. The van der Waals surface area contributed by atoms with Crippen LogP contribution in [0.3, 0.4) is 0 Å². The van der Waals surface area contributed by atoms with Gasteiger partial charge in [-0.2, -0.15) is 13.2 Å². The number of hydrogen-bond acceptors (Lipinski definition) is 2. The Bertz CT molecular complexity index is 563. The maximum absolute atomic E-state index is 12.5. The molecule has 0 amide bonds. The highest BCUT2D eigenvalue weighted by Gasteiger charge is 2.31. The highest BCUT2D eigenvalue weighted by Crippen LogP contribution is 2.38. The summed E-state index contributed by atoms with van der Waals surface area (Å²) < 4.78 is 43.3. The van der Waals surface area contributed by atoms with Gasteiger partial charge in [0.1, 0.15) is 5.75 Å². The summed E-state index contributed by atoms with van der Waals surface area (Å²) in [6, 6.07) is 6.34. The van der Waals surface area contributed by atoms with Crippen LogP contribution in [0, 0.1) is 0 Å². The largest absolute Gasteiger partial charge is 0.496 e. The molecule has 1 aromatic carbocycles. The number of methoxy groups -OCH3 is 1. The van der Waals surface area contributed by atoms with E-state index < -0.39 is 11.7 Å². The molecule has 2 rings (SSSR count). The molecule has 0 saturated carbocycles. The Labute approximate surface area is 114 Å². The van der Waals surface area contributed by atoms with E-state index >= 15 is 0 Å². The number of hydrogen-bond donors (Lipinski definition) is 0. The van der Waals surface area contributed by atoms with E-state index in [2.05, 4.69) is 15.9 Å². The second-order valence-corrected chi connectivity index (χ2v) is 5.31. The molecule has 0 radical (unpaired) electrons. The first-order valence-corrected chi connectivity index (χ1v) is 6.58. The summed E-state index contributed by atoms with van der Waals surface area (Å²) in [5.41, 5.74) is 0.109. The number of ether oxygens (including phenoxy) is 1. The summed E-state index contributed by atoms with van der Waals surface area (Å²) >= 11 is 4.38. The van der Waals surface area contributed by atoms with Crippen LogP contribution in [0.2, 0.25) is 0 Å². The molecule has 6 heteroatoms. The van der Waals surface area contributed by atoms with Crippen molar-refractivity contribution in [3.63, 3.8) is 0 Å². The van der Waals surface area contributed by atoms with Crippen LogP contribution in [0.1, 0.15) is 5.56 Å². The van der Waals surface area contributed by atoms with Gasteiger partial charge in [0.05, 0.1) is 17.1 Å². The highest BCUT2D eigenvalue weighted by molar-refractivity contribution is 9.10. The Kier molecular flexibility index (Phi) is 3.68. The molecule has 1 aromatic heterocycles. The zero-order valence-corrected chi connectivity index (χ0v) is 11.6. The predicted octanol–water partition coefficient (Wildman–Crippen LogP) is 5.21. The third-order valence-electron chi connectivity index (χ3n) is 2.36. The topological polar surface area (TPSA) is 9.23 Å². The van der Waals surface area contributed by atoms with E-state index in [1.165, 1.54) is 7.11 Å². The molecule has 2 aromatic rings. The predicted molar refractivity (Wildman–Crippen MR) is 69.0 cm³/mol. The first-order valence-electron chi connectivity index (χ1n) is 4.91. The molecule has 1 nitrogen and oxygen atoms in total. The van der Waals surface area contributed by atoms with Crippen molar-refractivity contribution in [2.75, 3.05) is 7.11 Å². The molecule has 0 fully saturated rings. The van der Waals surface area contributed by atoms with E-state index in [0.29, 0.717) is 15.1 Å². The van der Waals surface area contributed by atoms with Crippen LogP contribution < -0.4 is 4.74 Å². The van der Waals surface area contributed by atoms with E-state index in [1.807, 2.05) is 0 Å². The number of halogens is 4. The molecule has 0 atom stereocenters. The van der Waals surface area contributed by atoms with E-state index in [0.717, 1.165) is 28.3 Å². The zero-order chi connectivity index (χ0) is 13.3. The lowest BCUT2D eigenvalue weighted by atomic mass is 10.1. The van der Waals surface area contributed by atoms with Crippen molar-refractivity contribution < 1.29 is 17.9 Å². The molecule has 0 unspecified atom stereocenters. The monoisotopic (exact) mass is 336 g/mol. The van der Waals surface area contributed by atoms with Crippen molar-refractivity contribution in [2.45, 2.75) is 6.18 Å². The van der Waals surface area contributed by atoms with Crippen molar-refractivity contribution in [1.82, 2.24) is 0 Å². The third kappa shape index (κ3) is 2.70. The maximum atomic E-state index is 12.5. The Hall–Kier alpha value is -1.01. The Morgan fingerprint density at radius 1 is 1.22 bits per heavy atom. The first-order chi connectivity index (χ1) is 8.41. The van der Waals surface area contributed by atoms with Crippen molar-refractivity contribution in [3.8, 4) is 16.2 Å². The minimum absolute atomic E-state index is 0.575. The Morgan fingerprint density at radius 2 is 1.94 bits per heavy atom. The van der Waals surface area contributed by atoms with Crippen LogP contribution >= 0.6 is 27.3 Å². The van der Waals surface area contributed by atoms with Gasteiger partial charge in [0, 0.05) is 10.3 Å². The SMILES string of the molecule is COc1ccc(-c2cc(C(F)(F)F)cs2)cc1Br. The summed E-state index contributed by atoms with van der Waals surface area (Å²) in [6.07, 6.45) is -4.29. The molecule has 0 aliphatic carbocycles. The van der Waals surface area contributed by atoms with E-state index in [1.54, 1.807) is 18.2 Å². The highest BCUT2D eigenvalue weighted by atomic mass is 79.9. The molecule has 18 heavy (non-hydrogen) atoms. The minimum atomic E-state index is -4.29. The fraction of sp³-hybridized carbons (Fsp3) is 0.167. The molecular formula is C12H8BrF3OS. The van der Waals surface area contributed by atoms with Crippen LogP contribution in [-0.2, 0) is 6.18 Å². The van der Waals surface area contributed by atoms with Gasteiger partial charge in [0.15, 0.2) is 0 Å². The van der Waals surface area contributed by atoms with Gasteiger partial charge in [-0.1, -0.05) is 0 Å². The lowest BCUT2D eigenvalue weighted by molar-refractivity contribution is -0.137.